The van der Waals surface area contributed by atoms with Gasteiger partial charge in [-0.15, -0.1) is 0 Å². The Morgan fingerprint density at radius 3 is 2.43 bits per heavy atom. The summed E-state index contributed by atoms with van der Waals surface area (Å²) in [5.74, 6) is -7.24. The standard InChI is InChI=1S/C14H17F4NO2/c15-9-6-10(16)12(18)13(11(9)17)21-5-3-8-2-1-4-14(8,19)7-20/h6,8,20H,1-5,7,19H2. The van der Waals surface area contributed by atoms with Crippen LogP contribution in [0.15, 0.2) is 6.07 Å². The lowest BCUT2D eigenvalue weighted by molar-refractivity contribution is 0.141. The first-order valence-electron chi connectivity index (χ1n) is 6.74. The second-order valence-corrected chi connectivity index (χ2v) is 5.41. The minimum absolute atomic E-state index is 0.0629. The van der Waals surface area contributed by atoms with Gasteiger partial charge < -0.3 is 15.6 Å². The molecule has 1 fully saturated rings. The first kappa shape index (κ1) is 16.0. The highest BCUT2D eigenvalue weighted by molar-refractivity contribution is 5.28. The van der Waals surface area contributed by atoms with Gasteiger partial charge in [-0.1, -0.05) is 6.42 Å². The Balaban J connectivity index is 2.01. The van der Waals surface area contributed by atoms with Crippen molar-refractivity contribution in [3.05, 3.63) is 29.3 Å². The highest BCUT2D eigenvalue weighted by atomic mass is 19.2. The van der Waals surface area contributed by atoms with Crippen LogP contribution in [0.25, 0.3) is 0 Å². The Morgan fingerprint density at radius 2 is 1.86 bits per heavy atom. The summed E-state index contributed by atoms with van der Waals surface area (Å²) in [6, 6.07) is 0.130. The summed E-state index contributed by atoms with van der Waals surface area (Å²) in [5, 5.41) is 9.29. The van der Waals surface area contributed by atoms with Crippen molar-refractivity contribution in [1.82, 2.24) is 0 Å². The fraction of sp³-hybridized carbons (Fsp3) is 0.571. The third-order valence-electron chi connectivity index (χ3n) is 4.09. The van der Waals surface area contributed by atoms with Gasteiger partial charge in [0.2, 0.25) is 11.6 Å². The van der Waals surface area contributed by atoms with Crippen LogP contribution in [0.1, 0.15) is 25.7 Å². The van der Waals surface area contributed by atoms with E-state index in [0.29, 0.717) is 12.8 Å². The topological polar surface area (TPSA) is 55.5 Å². The van der Waals surface area contributed by atoms with E-state index in [-0.39, 0.29) is 25.2 Å². The predicted octanol–water partition coefficient (Wildman–Crippen LogP) is 2.50. The fourth-order valence-corrected chi connectivity index (χ4v) is 2.79. The fourth-order valence-electron chi connectivity index (χ4n) is 2.79. The van der Waals surface area contributed by atoms with Crippen LogP contribution >= 0.6 is 0 Å². The third-order valence-corrected chi connectivity index (χ3v) is 4.09. The molecule has 0 heterocycles. The van der Waals surface area contributed by atoms with Gasteiger partial charge in [0.15, 0.2) is 17.4 Å². The van der Waals surface area contributed by atoms with Crippen molar-refractivity contribution in [3.63, 3.8) is 0 Å². The summed E-state index contributed by atoms with van der Waals surface area (Å²) in [7, 11) is 0. The van der Waals surface area contributed by atoms with Crippen LogP contribution in [0.5, 0.6) is 5.75 Å². The summed E-state index contributed by atoms with van der Waals surface area (Å²) in [5.41, 5.74) is 5.29. The van der Waals surface area contributed by atoms with Gasteiger partial charge in [-0.05, 0) is 25.2 Å². The molecule has 3 nitrogen and oxygen atoms in total. The molecule has 1 aliphatic rings. The molecule has 1 aromatic rings. The molecule has 0 radical (unpaired) electrons. The largest absolute Gasteiger partial charge is 0.487 e. The van der Waals surface area contributed by atoms with E-state index in [2.05, 4.69) is 0 Å². The minimum atomic E-state index is -1.55. The number of aliphatic hydroxyl groups is 1. The molecule has 0 saturated heterocycles. The van der Waals surface area contributed by atoms with Crippen LogP contribution in [-0.2, 0) is 0 Å². The Hall–Kier alpha value is -1.34. The van der Waals surface area contributed by atoms with Crippen molar-refractivity contribution in [1.29, 1.82) is 0 Å². The highest BCUT2D eigenvalue weighted by Crippen LogP contribution is 2.36. The minimum Gasteiger partial charge on any atom is -0.487 e. The van der Waals surface area contributed by atoms with E-state index in [1.165, 1.54) is 0 Å². The molecule has 21 heavy (non-hydrogen) atoms. The molecule has 0 amide bonds. The zero-order chi connectivity index (χ0) is 15.6. The molecule has 0 aromatic heterocycles. The number of halogens is 4. The SMILES string of the molecule is NC1(CO)CCCC1CCOc1c(F)c(F)cc(F)c1F. The number of hydrogen-bond donors (Lipinski definition) is 2. The van der Waals surface area contributed by atoms with Gasteiger partial charge in [-0.25, -0.2) is 8.78 Å². The van der Waals surface area contributed by atoms with Crippen LogP contribution in [0, 0.1) is 29.2 Å². The lowest BCUT2D eigenvalue weighted by Crippen LogP contribution is -2.47. The summed E-state index contributed by atoms with van der Waals surface area (Å²) in [6.45, 7) is -0.324. The van der Waals surface area contributed by atoms with E-state index in [0.717, 1.165) is 12.8 Å². The number of aliphatic hydroxyl groups excluding tert-OH is 1. The van der Waals surface area contributed by atoms with Gasteiger partial charge in [0, 0.05) is 11.6 Å². The zero-order valence-corrected chi connectivity index (χ0v) is 11.3. The Bertz CT molecular complexity index is 500. The lowest BCUT2D eigenvalue weighted by atomic mass is 9.87. The quantitative estimate of drug-likeness (QED) is 0.649. The van der Waals surface area contributed by atoms with E-state index >= 15 is 0 Å². The van der Waals surface area contributed by atoms with E-state index in [9.17, 15) is 22.7 Å². The molecular formula is C14H17F4NO2. The predicted molar refractivity (Wildman–Crippen MR) is 67.7 cm³/mol. The molecule has 1 saturated carbocycles. The Kier molecular flexibility index (Phi) is 4.73. The van der Waals surface area contributed by atoms with Crippen LogP contribution < -0.4 is 10.5 Å². The summed E-state index contributed by atoms with van der Waals surface area (Å²) < 4.78 is 57.7. The Labute approximate surface area is 119 Å². The van der Waals surface area contributed by atoms with Crippen molar-refractivity contribution < 1.29 is 27.4 Å². The Morgan fingerprint density at radius 1 is 1.24 bits per heavy atom. The number of rotatable bonds is 5. The average Bonchev–Trinajstić information content (AvgIpc) is 2.82. The smallest absolute Gasteiger partial charge is 0.203 e. The van der Waals surface area contributed by atoms with Crippen molar-refractivity contribution >= 4 is 0 Å². The average molecular weight is 307 g/mol. The molecule has 2 rings (SSSR count). The van der Waals surface area contributed by atoms with Gasteiger partial charge in [-0.2, -0.15) is 8.78 Å². The maximum atomic E-state index is 13.4. The molecule has 3 N–H and O–H groups in total. The molecule has 1 aliphatic carbocycles. The first-order chi connectivity index (χ1) is 9.89. The van der Waals surface area contributed by atoms with Crippen LogP contribution in [0.4, 0.5) is 17.6 Å². The van der Waals surface area contributed by atoms with Gasteiger partial charge >= 0.3 is 0 Å². The van der Waals surface area contributed by atoms with E-state index in [4.69, 9.17) is 10.5 Å². The summed E-state index contributed by atoms with van der Waals surface area (Å²) in [6.07, 6.45) is 2.61. The van der Waals surface area contributed by atoms with Gasteiger partial charge in [-0.3, -0.25) is 0 Å². The molecule has 1 aromatic carbocycles. The number of ether oxygens (including phenoxy) is 1. The number of nitrogens with two attached hydrogens (primary N) is 1. The van der Waals surface area contributed by atoms with Crippen LogP contribution in [0.3, 0.4) is 0 Å². The molecule has 2 atom stereocenters. The molecule has 118 valence electrons. The number of hydrogen-bond acceptors (Lipinski definition) is 3. The lowest BCUT2D eigenvalue weighted by Gasteiger charge is -2.29. The van der Waals surface area contributed by atoms with Gasteiger partial charge in [0.25, 0.3) is 0 Å². The molecular weight excluding hydrogens is 290 g/mol. The van der Waals surface area contributed by atoms with E-state index in [1.54, 1.807) is 0 Å². The molecule has 0 aliphatic heterocycles. The van der Waals surface area contributed by atoms with Crippen molar-refractivity contribution in [2.24, 2.45) is 11.7 Å². The molecule has 0 bridgehead atoms. The summed E-state index contributed by atoms with van der Waals surface area (Å²) in [4.78, 5) is 0. The zero-order valence-electron chi connectivity index (χ0n) is 11.3. The van der Waals surface area contributed by atoms with Gasteiger partial charge in [0.1, 0.15) is 0 Å². The van der Waals surface area contributed by atoms with Gasteiger partial charge in [0.05, 0.1) is 13.2 Å². The second-order valence-electron chi connectivity index (χ2n) is 5.41. The van der Waals surface area contributed by atoms with Crippen LogP contribution in [-0.4, -0.2) is 23.9 Å². The van der Waals surface area contributed by atoms with Crippen molar-refractivity contribution in [2.75, 3.05) is 13.2 Å². The molecule has 0 spiro atoms. The maximum absolute atomic E-state index is 13.4. The summed E-state index contributed by atoms with van der Waals surface area (Å²) >= 11 is 0. The van der Waals surface area contributed by atoms with E-state index in [1.807, 2.05) is 0 Å². The van der Waals surface area contributed by atoms with Crippen molar-refractivity contribution in [2.45, 2.75) is 31.2 Å². The molecule has 7 heteroatoms. The molecule has 2 unspecified atom stereocenters. The normalized spacial score (nSPS) is 25.3. The van der Waals surface area contributed by atoms with Crippen LogP contribution in [0.2, 0.25) is 0 Å². The number of benzene rings is 1. The highest BCUT2D eigenvalue weighted by Gasteiger charge is 2.38. The maximum Gasteiger partial charge on any atom is 0.203 e. The third kappa shape index (κ3) is 3.13. The second kappa shape index (κ2) is 6.19. The van der Waals surface area contributed by atoms with E-state index < -0.39 is 34.6 Å². The van der Waals surface area contributed by atoms with Crippen molar-refractivity contribution in [3.8, 4) is 5.75 Å². The first-order valence-corrected chi connectivity index (χ1v) is 6.74. The monoisotopic (exact) mass is 307 g/mol.